The Morgan fingerprint density at radius 1 is 1.69 bits per heavy atom. The molecule has 0 aliphatic carbocycles. The summed E-state index contributed by atoms with van der Waals surface area (Å²) in [6.45, 7) is 1.82. The predicted molar refractivity (Wildman–Crippen MR) is 50.1 cm³/mol. The fourth-order valence-electron chi connectivity index (χ4n) is 0.978. The molecule has 68 valence electrons. The van der Waals surface area contributed by atoms with Crippen molar-refractivity contribution in [1.29, 1.82) is 0 Å². The quantitative estimate of drug-likeness (QED) is 0.718. The van der Waals surface area contributed by atoms with Crippen LogP contribution in [-0.2, 0) is 4.79 Å². The summed E-state index contributed by atoms with van der Waals surface area (Å²) in [4.78, 5) is 14.5. The van der Waals surface area contributed by atoms with E-state index in [2.05, 4.69) is 4.98 Å². The van der Waals surface area contributed by atoms with Crippen molar-refractivity contribution in [3.05, 3.63) is 35.7 Å². The summed E-state index contributed by atoms with van der Waals surface area (Å²) in [6.07, 6.45) is 5.45. The summed E-state index contributed by atoms with van der Waals surface area (Å²) in [5.41, 5.74) is 1.22. The number of carboxylic acid groups (broad SMARTS) is 1. The molecule has 0 aromatic carbocycles. The summed E-state index contributed by atoms with van der Waals surface area (Å²) < 4.78 is 0. The lowest BCUT2D eigenvalue weighted by Gasteiger charge is -1.97. The molecule has 1 rings (SSSR count). The number of nitrogens with zero attached hydrogens (tertiary/aromatic N) is 1. The molecule has 1 N–H and O–H groups in total. The molecule has 13 heavy (non-hydrogen) atoms. The molecule has 1 aromatic heterocycles. The van der Waals surface area contributed by atoms with E-state index in [1.807, 2.05) is 13.0 Å². The number of aliphatic carboxylic acids is 1. The van der Waals surface area contributed by atoms with E-state index in [9.17, 15) is 4.79 Å². The fourth-order valence-corrected chi connectivity index (χ4v) is 0.978. The first-order valence-corrected chi connectivity index (χ1v) is 4.08. The molecule has 0 saturated carbocycles. The lowest BCUT2D eigenvalue weighted by molar-refractivity contribution is -0.132. The third kappa shape index (κ3) is 2.71. The van der Waals surface area contributed by atoms with Crippen LogP contribution in [0.3, 0.4) is 0 Å². The van der Waals surface area contributed by atoms with Crippen LogP contribution in [0.1, 0.15) is 18.9 Å². The van der Waals surface area contributed by atoms with Crippen LogP contribution >= 0.6 is 0 Å². The largest absolute Gasteiger partial charge is 0.478 e. The topological polar surface area (TPSA) is 50.2 Å². The highest BCUT2D eigenvalue weighted by atomic mass is 16.4. The normalized spacial score (nSPS) is 11.3. The Bertz CT molecular complexity index is 317. The van der Waals surface area contributed by atoms with E-state index >= 15 is 0 Å². The molecule has 0 aliphatic rings. The van der Waals surface area contributed by atoms with E-state index in [0.29, 0.717) is 12.0 Å². The molecule has 0 spiro atoms. The van der Waals surface area contributed by atoms with Crippen molar-refractivity contribution in [2.75, 3.05) is 0 Å². The third-order valence-electron chi connectivity index (χ3n) is 1.68. The molecular formula is C10H11NO2. The lowest BCUT2D eigenvalue weighted by atomic mass is 10.1. The van der Waals surface area contributed by atoms with Crippen LogP contribution in [0, 0.1) is 0 Å². The van der Waals surface area contributed by atoms with E-state index in [-0.39, 0.29) is 0 Å². The minimum absolute atomic E-state index is 0.396. The number of pyridine rings is 1. The number of aromatic nitrogens is 1. The van der Waals surface area contributed by atoms with Crippen LogP contribution < -0.4 is 0 Å². The second kappa shape index (κ2) is 4.40. The van der Waals surface area contributed by atoms with Gasteiger partial charge in [0.2, 0.25) is 0 Å². The van der Waals surface area contributed by atoms with Crippen molar-refractivity contribution < 1.29 is 9.90 Å². The molecule has 0 fully saturated rings. The summed E-state index contributed by atoms with van der Waals surface area (Å²) >= 11 is 0. The van der Waals surface area contributed by atoms with Crippen LogP contribution in [0.15, 0.2) is 30.1 Å². The van der Waals surface area contributed by atoms with Crippen molar-refractivity contribution in [2.24, 2.45) is 0 Å². The number of carboxylic acids is 1. The molecule has 0 atom stereocenters. The van der Waals surface area contributed by atoms with Gasteiger partial charge in [0.1, 0.15) is 0 Å². The minimum atomic E-state index is -0.869. The SMILES string of the molecule is CC/C(=C/c1cccnc1)C(=O)O. The first kappa shape index (κ1) is 9.45. The predicted octanol–water partition coefficient (Wildman–Crippen LogP) is 1.96. The first-order chi connectivity index (χ1) is 6.24. The van der Waals surface area contributed by atoms with Gasteiger partial charge in [-0.25, -0.2) is 4.79 Å². The molecule has 0 amide bonds. The molecule has 3 nitrogen and oxygen atoms in total. The first-order valence-electron chi connectivity index (χ1n) is 4.08. The molecule has 0 aliphatic heterocycles. The number of hydrogen-bond donors (Lipinski definition) is 1. The number of hydrogen-bond acceptors (Lipinski definition) is 2. The zero-order valence-electron chi connectivity index (χ0n) is 7.40. The van der Waals surface area contributed by atoms with E-state index in [0.717, 1.165) is 5.56 Å². The van der Waals surface area contributed by atoms with Crippen molar-refractivity contribution in [1.82, 2.24) is 4.98 Å². The standard InChI is InChI=1S/C10H11NO2/c1-2-9(10(12)13)6-8-4-3-5-11-7-8/h3-7H,2H2,1H3,(H,12,13)/b9-6-. The van der Waals surface area contributed by atoms with Gasteiger partial charge in [-0.15, -0.1) is 0 Å². The van der Waals surface area contributed by atoms with Gasteiger partial charge in [0, 0.05) is 18.0 Å². The Balaban J connectivity index is 2.92. The molecule has 0 unspecified atom stereocenters. The Kier molecular flexibility index (Phi) is 3.20. The van der Waals surface area contributed by atoms with Gasteiger partial charge in [0.25, 0.3) is 0 Å². The van der Waals surface area contributed by atoms with Gasteiger partial charge in [0.05, 0.1) is 0 Å². The molecule has 0 saturated heterocycles. The van der Waals surface area contributed by atoms with Gasteiger partial charge in [-0.05, 0) is 24.1 Å². The van der Waals surface area contributed by atoms with Crippen molar-refractivity contribution >= 4 is 12.0 Å². The highest BCUT2D eigenvalue weighted by Crippen LogP contribution is 2.08. The highest BCUT2D eigenvalue weighted by molar-refractivity contribution is 5.91. The van der Waals surface area contributed by atoms with Gasteiger partial charge in [0.15, 0.2) is 0 Å². The Morgan fingerprint density at radius 2 is 2.46 bits per heavy atom. The van der Waals surface area contributed by atoms with E-state index in [4.69, 9.17) is 5.11 Å². The summed E-state index contributed by atoms with van der Waals surface area (Å²) in [5, 5.41) is 8.75. The van der Waals surface area contributed by atoms with Crippen molar-refractivity contribution in [2.45, 2.75) is 13.3 Å². The van der Waals surface area contributed by atoms with Gasteiger partial charge >= 0.3 is 5.97 Å². The van der Waals surface area contributed by atoms with E-state index in [1.165, 1.54) is 0 Å². The van der Waals surface area contributed by atoms with Crippen LogP contribution in [0.25, 0.3) is 6.08 Å². The molecule has 0 radical (unpaired) electrons. The highest BCUT2D eigenvalue weighted by Gasteiger charge is 2.03. The van der Waals surface area contributed by atoms with Crippen LogP contribution in [0.2, 0.25) is 0 Å². The van der Waals surface area contributed by atoms with Crippen LogP contribution in [0.5, 0.6) is 0 Å². The van der Waals surface area contributed by atoms with Crippen LogP contribution in [0.4, 0.5) is 0 Å². The molecular weight excluding hydrogens is 166 g/mol. The maximum absolute atomic E-state index is 10.6. The molecule has 1 aromatic rings. The third-order valence-corrected chi connectivity index (χ3v) is 1.68. The zero-order chi connectivity index (χ0) is 9.68. The van der Waals surface area contributed by atoms with Gasteiger partial charge in [-0.3, -0.25) is 4.98 Å². The van der Waals surface area contributed by atoms with E-state index in [1.54, 1.807) is 24.5 Å². The number of carbonyl (C=O) groups is 1. The second-order valence-corrected chi connectivity index (χ2v) is 2.61. The lowest BCUT2D eigenvalue weighted by Crippen LogP contribution is -1.98. The number of rotatable bonds is 3. The maximum atomic E-state index is 10.6. The summed E-state index contributed by atoms with van der Waals surface area (Å²) in [5.74, 6) is -0.869. The monoisotopic (exact) mass is 177 g/mol. The Labute approximate surface area is 76.7 Å². The minimum Gasteiger partial charge on any atom is -0.478 e. The summed E-state index contributed by atoms with van der Waals surface area (Å²) in [7, 11) is 0. The van der Waals surface area contributed by atoms with Gasteiger partial charge < -0.3 is 5.11 Å². The van der Waals surface area contributed by atoms with Crippen molar-refractivity contribution in [3.8, 4) is 0 Å². The van der Waals surface area contributed by atoms with Crippen LogP contribution in [-0.4, -0.2) is 16.1 Å². The smallest absolute Gasteiger partial charge is 0.331 e. The molecule has 0 bridgehead atoms. The average Bonchev–Trinajstić information content (AvgIpc) is 2.15. The zero-order valence-corrected chi connectivity index (χ0v) is 7.40. The van der Waals surface area contributed by atoms with Crippen molar-refractivity contribution in [3.63, 3.8) is 0 Å². The molecule has 3 heteroatoms. The van der Waals surface area contributed by atoms with E-state index < -0.39 is 5.97 Å². The second-order valence-electron chi connectivity index (χ2n) is 2.61. The fraction of sp³-hybridized carbons (Fsp3) is 0.200. The Morgan fingerprint density at radius 3 is 2.92 bits per heavy atom. The van der Waals surface area contributed by atoms with Gasteiger partial charge in [-0.2, -0.15) is 0 Å². The maximum Gasteiger partial charge on any atom is 0.331 e. The average molecular weight is 177 g/mol. The summed E-state index contributed by atoms with van der Waals surface area (Å²) in [6, 6.07) is 3.60. The molecule has 1 heterocycles. The van der Waals surface area contributed by atoms with Gasteiger partial charge in [-0.1, -0.05) is 13.0 Å². The Hall–Kier alpha value is -1.64.